The lowest BCUT2D eigenvalue weighted by atomic mass is 9.90. The van der Waals surface area contributed by atoms with Gasteiger partial charge < -0.3 is 15.0 Å². The third kappa shape index (κ3) is 6.17. The van der Waals surface area contributed by atoms with Gasteiger partial charge in [0.2, 0.25) is 0 Å². The standard InChI is InChI=1S/C15H32N2O/c1-4-6-12-18-13-11-17(3)15-9-7-14(8-10-15)16-5-2/h14-16H,4-13H2,1-3H3. The lowest BCUT2D eigenvalue weighted by molar-refractivity contribution is 0.0855. The van der Waals surface area contributed by atoms with Crippen LogP contribution in [-0.4, -0.2) is 50.3 Å². The summed E-state index contributed by atoms with van der Waals surface area (Å²) in [4.78, 5) is 2.49. The Hall–Kier alpha value is -0.120. The fourth-order valence-corrected chi connectivity index (χ4v) is 2.75. The first-order valence-corrected chi connectivity index (χ1v) is 7.79. The van der Waals surface area contributed by atoms with E-state index in [9.17, 15) is 0 Å². The summed E-state index contributed by atoms with van der Waals surface area (Å²) in [6.45, 7) is 8.42. The second-order valence-corrected chi connectivity index (χ2v) is 5.51. The van der Waals surface area contributed by atoms with E-state index in [0.29, 0.717) is 0 Å². The van der Waals surface area contributed by atoms with Gasteiger partial charge in [0.15, 0.2) is 0 Å². The van der Waals surface area contributed by atoms with Crippen molar-refractivity contribution < 1.29 is 4.74 Å². The maximum atomic E-state index is 5.64. The summed E-state index contributed by atoms with van der Waals surface area (Å²) in [5, 5.41) is 3.57. The molecule has 1 aliphatic rings. The summed E-state index contributed by atoms with van der Waals surface area (Å²) in [5.41, 5.74) is 0. The predicted molar refractivity (Wildman–Crippen MR) is 78.1 cm³/mol. The van der Waals surface area contributed by atoms with Gasteiger partial charge in [0.25, 0.3) is 0 Å². The van der Waals surface area contributed by atoms with Crippen LogP contribution in [0.25, 0.3) is 0 Å². The van der Waals surface area contributed by atoms with Gasteiger partial charge in [0.1, 0.15) is 0 Å². The fraction of sp³-hybridized carbons (Fsp3) is 1.00. The third-order valence-corrected chi connectivity index (χ3v) is 4.04. The molecule has 108 valence electrons. The topological polar surface area (TPSA) is 24.5 Å². The van der Waals surface area contributed by atoms with Crippen molar-refractivity contribution in [3.05, 3.63) is 0 Å². The Balaban J connectivity index is 2.06. The molecule has 0 heterocycles. The normalized spacial score (nSPS) is 24.7. The van der Waals surface area contributed by atoms with Gasteiger partial charge in [-0.05, 0) is 45.7 Å². The highest BCUT2D eigenvalue weighted by atomic mass is 16.5. The molecule has 0 aromatic rings. The van der Waals surface area contributed by atoms with Crippen LogP contribution in [0.2, 0.25) is 0 Å². The van der Waals surface area contributed by atoms with Crippen LogP contribution in [-0.2, 0) is 4.74 Å². The molecule has 0 spiro atoms. The zero-order valence-electron chi connectivity index (χ0n) is 12.6. The van der Waals surface area contributed by atoms with Gasteiger partial charge >= 0.3 is 0 Å². The van der Waals surface area contributed by atoms with Crippen molar-refractivity contribution in [2.24, 2.45) is 0 Å². The first kappa shape index (κ1) is 15.9. The molecule has 18 heavy (non-hydrogen) atoms. The minimum absolute atomic E-state index is 0.764. The Morgan fingerprint density at radius 1 is 1.11 bits per heavy atom. The average molecular weight is 256 g/mol. The summed E-state index contributed by atoms with van der Waals surface area (Å²) in [6, 6.07) is 1.54. The molecule has 1 fully saturated rings. The van der Waals surface area contributed by atoms with Crippen molar-refractivity contribution in [1.82, 2.24) is 10.2 Å². The van der Waals surface area contributed by atoms with Gasteiger partial charge in [-0.3, -0.25) is 0 Å². The number of unbranched alkanes of at least 4 members (excludes halogenated alkanes) is 1. The minimum Gasteiger partial charge on any atom is -0.380 e. The van der Waals surface area contributed by atoms with E-state index in [0.717, 1.165) is 38.4 Å². The van der Waals surface area contributed by atoms with E-state index < -0.39 is 0 Å². The molecule has 0 unspecified atom stereocenters. The lowest BCUT2D eigenvalue weighted by Gasteiger charge is -2.34. The molecule has 0 radical (unpaired) electrons. The van der Waals surface area contributed by atoms with E-state index in [1.807, 2.05) is 0 Å². The number of hydrogen-bond donors (Lipinski definition) is 1. The molecule has 3 heteroatoms. The molecule has 0 saturated heterocycles. The molecule has 1 rings (SSSR count). The summed E-state index contributed by atoms with van der Waals surface area (Å²) in [7, 11) is 2.25. The van der Waals surface area contributed by atoms with Crippen LogP contribution < -0.4 is 5.32 Å². The van der Waals surface area contributed by atoms with E-state index >= 15 is 0 Å². The van der Waals surface area contributed by atoms with Gasteiger partial charge in [0, 0.05) is 25.2 Å². The monoisotopic (exact) mass is 256 g/mol. The summed E-state index contributed by atoms with van der Waals surface area (Å²) in [5.74, 6) is 0. The molecular weight excluding hydrogens is 224 g/mol. The van der Waals surface area contributed by atoms with Crippen molar-refractivity contribution in [2.45, 2.75) is 64.5 Å². The minimum atomic E-state index is 0.764. The number of nitrogens with one attached hydrogen (secondary N) is 1. The molecule has 1 N–H and O–H groups in total. The van der Waals surface area contributed by atoms with Gasteiger partial charge in [-0.25, -0.2) is 0 Å². The first-order valence-electron chi connectivity index (χ1n) is 7.79. The lowest BCUT2D eigenvalue weighted by Crippen LogP contribution is -2.41. The highest BCUT2D eigenvalue weighted by Crippen LogP contribution is 2.22. The largest absolute Gasteiger partial charge is 0.380 e. The second-order valence-electron chi connectivity index (χ2n) is 5.51. The van der Waals surface area contributed by atoms with Crippen molar-refractivity contribution in [2.75, 3.05) is 33.4 Å². The van der Waals surface area contributed by atoms with Crippen LogP contribution in [0.5, 0.6) is 0 Å². The maximum absolute atomic E-state index is 5.64. The molecule has 0 aromatic heterocycles. The van der Waals surface area contributed by atoms with Crippen LogP contribution in [0.15, 0.2) is 0 Å². The molecule has 1 saturated carbocycles. The molecule has 1 aliphatic carbocycles. The SMILES string of the molecule is CCCCOCCN(C)C1CCC(NCC)CC1. The summed E-state index contributed by atoms with van der Waals surface area (Å²) in [6.07, 6.45) is 7.76. The third-order valence-electron chi connectivity index (χ3n) is 4.04. The van der Waals surface area contributed by atoms with Crippen molar-refractivity contribution in [3.8, 4) is 0 Å². The van der Waals surface area contributed by atoms with Gasteiger partial charge in [-0.2, -0.15) is 0 Å². The Bertz CT molecular complexity index is 191. The van der Waals surface area contributed by atoms with Gasteiger partial charge in [-0.15, -0.1) is 0 Å². The molecule has 0 bridgehead atoms. The van der Waals surface area contributed by atoms with Crippen molar-refractivity contribution >= 4 is 0 Å². The quantitative estimate of drug-likeness (QED) is 0.642. The van der Waals surface area contributed by atoms with Crippen LogP contribution in [0.3, 0.4) is 0 Å². The van der Waals surface area contributed by atoms with Gasteiger partial charge in [0.05, 0.1) is 6.61 Å². The van der Waals surface area contributed by atoms with E-state index in [1.54, 1.807) is 0 Å². The number of hydrogen-bond acceptors (Lipinski definition) is 3. The van der Waals surface area contributed by atoms with Crippen LogP contribution in [0.1, 0.15) is 52.4 Å². The van der Waals surface area contributed by atoms with Crippen molar-refractivity contribution in [1.29, 1.82) is 0 Å². The molecule has 0 aliphatic heterocycles. The Kier molecular flexibility index (Phi) is 8.64. The van der Waals surface area contributed by atoms with E-state index in [1.165, 1.54) is 38.5 Å². The molecule has 0 aromatic carbocycles. The Labute approximate surface area is 113 Å². The van der Waals surface area contributed by atoms with Crippen LogP contribution in [0.4, 0.5) is 0 Å². The van der Waals surface area contributed by atoms with Crippen molar-refractivity contribution in [3.63, 3.8) is 0 Å². The zero-order chi connectivity index (χ0) is 13.2. The molecule has 0 amide bonds. The number of rotatable bonds is 9. The summed E-state index contributed by atoms with van der Waals surface area (Å²) < 4.78 is 5.64. The zero-order valence-corrected chi connectivity index (χ0v) is 12.6. The van der Waals surface area contributed by atoms with E-state index in [4.69, 9.17) is 4.74 Å². The molecular formula is C15H32N2O. The van der Waals surface area contributed by atoms with Crippen LogP contribution in [0, 0.1) is 0 Å². The van der Waals surface area contributed by atoms with Gasteiger partial charge in [-0.1, -0.05) is 20.3 Å². The Morgan fingerprint density at radius 2 is 1.83 bits per heavy atom. The van der Waals surface area contributed by atoms with E-state index in [-0.39, 0.29) is 0 Å². The number of likely N-dealkylation sites (N-methyl/N-ethyl adjacent to an activating group) is 1. The molecule has 3 nitrogen and oxygen atoms in total. The smallest absolute Gasteiger partial charge is 0.0593 e. The predicted octanol–water partition coefficient (Wildman–Crippen LogP) is 2.66. The summed E-state index contributed by atoms with van der Waals surface area (Å²) >= 11 is 0. The Morgan fingerprint density at radius 3 is 2.44 bits per heavy atom. The first-order chi connectivity index (χ1) is 8.77. The number of ether oxygens (including phenoxy) is 1. The van der Waals surface area contributed by atoms with Crippen LogP contribution >= 0.6 is 0 Å². The molecule has 0 atom stereocenters. The number of nitrogens with zero attached hydrogens (tertiary/aromatic N) is 1. The average Bonchev–Trinajstić information content (AvgIpc) is 2.39. The maximum Gasteiger partial charge on any atom is 0.0593 e. The second kappa shape index (κ2) is 9.76. The highest BCUT2D eigenvalue weighted by Gasteiger charge is 2.22. The van der Waals surface area contributed by atoms with E-state index in [2.05, 4.69) is 31.1 Å². The fourth-order valence-electron chi connectivity index (χ4n) is 2.75. The highest BCUT2D eigenvalue weighted by molar-refractivity contribution is 4.81.